The molecule has 0 aliphatic carbocycles. The summed E-state index contributed by atoms with van der Waals surface area (Å²) in [6.07, 6.45) is 3.86. The second-order valence-electron chi connectivity index (χ2n) is 8.18. The van der Waals surface area contributed by atoms with Crippen molar-refractivity contribution in [3.05, 3.63) is 41.5 Å². The van der Waals surface area contributed by atoms with E-state index in [1.54, 1.807) is 4.68 Å². The maximum atomic E-state index is 12.5. The summed E-state index contributed by atoms with van der Waals surface area (Å²) >= 11 is 0. The van der Waals surface area contributed by atoms with Crippen LogP contribution in [0.5, 0.6) is 0 Å². The van der Waals surface area contributed by atoms with Crippen molar-refractivity contribution in [2.24, 2.45) is 13.0 Å². The maximum Gasteiger partial charge on any atom is 0.225 e. The number of nitrogens with one attached hydrogen (secondary N) is 2. The Labute approximate surface area is 171 Å². The van der Waals surface area contributed by atoms with Crippen LogP contribution in [0.3, 0.4) is 0 Å². The zero-order valence-electron chi connectivity index (χ0n) is 17.5. The molecule has 1 fully saturated rings. The summed E-state index contributed by atoms with van der Waals surface area (Å²) in [7, 11) is 1.90. The van der Waals surface area contributed by atoms with Crippen LogP contribution in [-0.4, -0.2) is 50.2 Å². The fraction of sp³-hybridized carbons (Fsp3) is 0.500. The third kappa shape index (κ3) is 4.50. The van der Waals surface area contributed by atoms with Gasteiger partial charge in [0, 0.05) is 33.0 Å². The minimum Gasteiger partial charge on any atom is -0.342 e. The molecule has 4 rings (SSSR count). The number of rotatable bonds is 6. The fourth-order valence-corrected chi connectivity index (χ4v) is 4.31. The Kier molecular flexibility index (Phi) is 5.67. The largest absolute Gasteiger partial charge is 0.342 e. The molecule has 7 heteroatoms. The summed E-state index contributed by atoms with van der Waals surface area (Å²) in [6.45, 7) is 6.78. The van der Waals surface area contributed by atoms with Gasteiger partial charge in [0.15, 0.2) is 0 Å². The molecule has 0 bridgehead atoms. The van der Waals surface area contributed by atoms with Crippen LogP contribution >= 0.6 is 0 Å². The van der Waals surface area contributed by atoms with Crippen LogP contribution in [0.25, 0.3) is 11.0 Å². The first-order valence-corrected chi connectivity index (χ1v) is 10.5. The number of fused-ring (bicyclic) bond motifs is 1. The van der Waals surface area contributed by atoms with Gasteiger partial charge < -0.3 is 15.2 Å². The first kappa shape index (κ1) is 19.6. The van der Waals surface area contributed by atoms with E-state index >= 15 is 0 Å². The summed E-state index contributed by atoms with van der Waals surface area (Å²) in [4.78, 5) is 23.0. The molecule has 0 saturated carbocycles. The van der Waals surface area contributed by atoms with Crippen LogP contribution in [0.2, 0.25) is 0 Å². The Morgan fingerprint density at radius 2 is 2.14 bits per heavy atom. The topological polar surface area (TPSA) is 78.8 Å². The van der Waals surface area contributed by atoms with Crippen molar-refractivity contribution in [2.75, 3.05) is 25.0 Å². The first-order chi connectivity index (χ1) is 14.0. The number of aryl methyl sites for hydroxylation is 2. The fourth-order valence-electron chi connectivity index (χ4n) is 4.31. The van der Waals surface area contributed by atoms with Gasteiger partial charge in [0.1, 0.15) is 5.82 Å². The van der Waals surface area contributed by atoms with Crippen molar-refractivity contribution in [3.8, 4) is 0 Å². The Morgan fingerprint density at radius 1 is 1.31 bits per heavy atom. The van der Waals surface area contributed by atoms with E-state index in [1.807, 2.05) is 39.1 Å². The SMILES string of the molecule is Cc1nn(C)c(C)c1NC(=O)CCN1CCC[C@@H](Cc2nc3ccccc3[nH]2)C1. The number of hydrogen-bond acceptors (Lipinski definition) is 4. The highest BCUT2D eigenvalue weighted by Gasteiger charge is 2.22. The number of H-pyrrole nitrogens is 1. The molecule has 0 spiro atoms. The van der Waals surface area contributed by atoms with Gasteiger partial charge in [-0.25, -0.2) is 4.98 Å². The number of piperidine rings is 1. The van der Waals surface area contributed by atoms with Gasteiger partial charge >= 0.3 is 0 Å². The number of nitrogens with zero attached hydrogens (tertiary/aromatic N) is 4. The molecule has 2 aromatic heterocycles. The average Bonchev–Trinajstić information content (AvgIpc) is 3.21. The van der Waals surface area contributed by atoms with Gasteiger partial charge in [0.05, 0.1) is 28.1 Å². The Hall–Kier alpha value is -2.67. The summed E-state index contributed by atoms with van der Waals surface area (Å²) in [5.41, 5.74) is 4.83. The molecule has 154 valence electrons. The number of anilines is 1. The van der Waals surface area contributed by atoms with Gasteiger partial charge in [-0.3, -0.25) is 9.48 Å². The standard InChI is InChI=1S/C22H30N6O/c1-15-22(16(2)27(3)26-15)25-21(29)10-12-28-11-6-7-17(14-28)13-20-23-18-8-4-5-9-19(18)24-20/h4-5,8-9,17H,6-7,10-14H2,1-3H3,(H,23,24)(H,25,29)/t17-/m0/s1. The molecule has 0 unspecified atom stereocenters. The van der Waals surface area contributed by atoms with Crippen molar-refractivity contribution in [1.82, 2.24) is 24.6 Å². The first-order valence-electron chi connectivity index (χ1n) is 10.5. The summed E-state index contributed by atoms with van der Waals surface area (Å²) in [5.74, 6) is 1.71. The molecular weight excluding hydrogens is 364 g/mol. The van der Waals surface area contributed by atoms with Crippen molar-refractivity contribution < 1.29 is 4.79 Å². The van der Waals surface area contributed by atoms with Gasteiger partial charge in [-0.2, -0.15) is 5.10 Å². The van der Waals surface area contributed by atoms with E-state index in [0.717, 1.165) is 60.0 Å². The van der Waals surface area contributed by atoms with Gasteiger partial charge in [-0.1, -0.05) is 12.1 Å². The number of aromatic amines is 1. The van der Waals surface area contributed by atoms with E-state index in [9.17, 15) is 4.79 Å². The molecule has 3 heterocycles. The average molecular weight is 395 g/mol. The maximum absolute atomic E-state index is 12.5. The normalized spacial score (nSPS) is 17.7. The van der Waals surface area contributed by atoms with Gasteiger partial charge in [0.2, 0.25) is 5.91 Å². The Bertz CT molecular complexity index is 971. The Morgan fingerprint density at radius 3 is 2.90 bits per heavy atom. The van der Waals surface area contributed by atoms with Gasteiger partial charge in [-0.15, -0.1) is 0 Å². The molecule has 1 aromatic carbocycles. The molecule has 3 aromatic rings. The minimum atomic E-state index is 0.0589. The quantitative estimate of drug-likeness (QED) is 0.673. The number of amides is 1. The number of para-hydroxylation sites is 2. The molecule has 7 nitrogen and oxygen atoms in total. The number of carbonyl (C=O) groups is 1. The van der Waals surface area contributed by atoms with E-state index in [1.165, 1.54) is 12.8 Å². The number of carbonyl (C=O) groups excluding carboxylic acids is 1. The van der Waals surface area contributed by atoms with Gasteiger partial charge in [-0.05, 0) is 51.3 Å². The smallest absolute Gasteiger partial charge is 0.225 e. The number of aromatic nitrogens is 4. The Balaban J connectivity index is 1.29. The van der Waals surface area contributed by atoms with Crippen LogP contribution in [-0.2, 0) is 18.3 Å². The molecule has 1 saturated heterocycles. The monoisotopic (exact) mass is 394 g/mol. The summed E-state index contributed by atoms with van der Waals surface area (Å²) in [5, 5.41) is 7.40. The lowest BCUT2D eigenvalue weighted by molar-refractivity contribution is -0.116. The lowest BCUT2D eigenvalue weighted by atomic mass is 9.94. The zero-order chi connectivity index (χ0) is 20.4. The van der Waals surface area contributed by atoms with E-state index in [2.05, 4.69) is 26.4 Å². The molecule has 1 aliphatic heterocycles. The van der Waals surface area contributed by atoms with Crippen LogP contribution in [0.4, 0.5) is 5.69 Å². The minimum absolute atomic E-state index is 0.0589. The lowest BCUT2D eigenvalue weighted by Gasteiger charge is -2.32. The zero-order valence-corrected chi connectivity index (χ0v) is 17.5. The predicted octanol–water partition coefficient (Wildman–Crippen LogP) is 3.20. The van der Waals surface area contributed by atoms with Crippen molar-refractivity contribution in [1.29, 1.82) is 0 Å². The van der Waals surface area contributed by atoms with E-state index in [4.69, 9.17) is 4.98 Å². The highest BCUT2D eigenvalue weighted by atomic mass is 16.1. The van der Waals surface area contributed by atoms with Crippen molar-refractivity contribution in [2.45, 2.75) is 39.5 Å². The number of likely N-dealkylation sites (tertiary alicyclic amines) is 1. The van der Waals surface area contributed by atoms with Crippen LogP contribution in [0, 0.1) is 19.8 Å². The second-order valence-corrected chi connectivity index (χ2v) is 8.18. The predicted molar refractivity (Wildman–Crippen MR) is 115 cm³/mol. The summed E-state index contributed by atoms with van der Waals surface area (Å²) < 4.78 is 1.80. The molecule has 29 heavy (non-hydrogen) atoms. The summed E-state index contributed by atoms with van der Waals surface area (Å²) in [6, 6.07) is 8.18. The van der Waals surface area contributed by atoms with Crippen LogP contribution in [0.1, 0.15) is 36.5 Å². The van der Waals surface area contributed by atoms with Crippen LogP contribution in [0.15, 0.2) is 24.3 Å². The van der Waals surface area contributed by atoms with E-state index in [-0.39, 0.29) is 5.91 Å². The van der Waals surface area contributed by atoms with E-state index in [0.29, 0.717) is 12.3 Å². The molecule has 1 aliphatic rings. The molecular formula is C22H30N6O. The molecule has 2 N–H and O–H groups in total. The number of hydrogen-bond donors (Lipinski definition) is 2. The van der Waals surface area contributed by atoms with Crippen molar-refractivity contribution >= 4 is 22.6 Å². The van der Waals surface area contributed by atoms with Crippen LogP contribution < -0.4 is 5.32 Å². The van der Waals surface area contributed by atoms with E-state index < -0.39 is 0 Å². The lowest BCUT2D eigenvalue weighted by Crippen LogP contribution is -2.38. The third-order valence-electron chi connectivity index (χ3n) is 5.95. The highest BCUT2D eigenvalue weighted by Crippen LogP contribution is 2.22. The number of imidazole rings is 1. The van der Waals surface area contributed by atoms with Gasteiger partial charge in [0.25, 0.3) is 0 Å². The molecule has 0 radical (unpaired) electrons. The number of benzene rings is 1. The second kappa shape index (κ2) is 8.37. The third-order valence-corrected chi connectivity index (χ3v) is 5.95. The van der Waals surface area contributed by atoms with Crippen molar-refractivity contribution in [3.63, 3.8) is 0 Å². The highest BCUT2D eigenvalue weighted by molar-refractivity contribution is 5.92. The molecule has 1 amide bonds. The molecule has 1 atom stereocenters.